The molecule has 1 fully saturated rings. The molecule has 5 nitrogen and oxygen atoms in total. The van der Waals surface area contributed by atoms with Crippen LogP contribution in [-0.2, 0) is 4.79 Å². The lowest BCUT2D eigenvalue weighted by atomic mass is 10.1. The average Bonchev–Trinajstić information content (AvgIpc) is 2.64. The van der Waals surface area contributed by atoms with Gasteiger partial charge >= 0.3 is 0 Å². The molecule has 1 aromatic carbocycles. The second kappa shape index (κ2) is 7.11. The molecular weight excluding hydrogens is 268 g/mol. The van der Waals surface area contributed by atoms with E-state index in [1.165, 1.54) is 0 Å². The molecule has 1 atom stereocenters. The molecule has 0 unspecified atom stereocenters. The Hall–Kier alpha value is -2.04. The number of carbonyl (C=O) groups is 2. The van der Waals surface area contributed by atoms with Crippen molar-refractivity contribution in [1.82, 2.24) is 10.6 Å². The van der Waals surface area contributed by atoms with Gasteiger partial charge in [-0.3, -0.25) is 9.59 Å². The van der Waals surface area contributed by atoms with Crippen molar-refractivity contribution in [3.63, 3.8) is 0 Å². The van der Waals surface area contributed by atoms with Crippen molar-refractivity contribution in [2.24, 2.45) is 0 Å². The SMILES string of the molecule is CC(C)Oc1ccc(C(=O)N[C@H]2CCCCNC2=O)cc1. The van der Waals surface area contributed by atoms with E-state index < -0.39 is 6.04 Å². The first kappa shape index (κ1) is 15.4. The Bertz CT molecular complexity index is 497. The van der Waals surface area contributed by atoms with Gasteiger partial charge < -0.3 is 15.4 Å². The maximum absolute atomic E-state index is 12.2. The molecule has 0 radical (unpaired) electrons. The third-order valence-electron chi connectivity index (χ3n) is 3.33. The Balaban J connectivity index is 1.97. The number of benzene rings is 1. The number of rotatable bonds is 4. The average molecular weight is 290 g/mol. The van der Waals surface area contributed by atoms with E-state index in [9.17, 15) is 9.59 Å². The van der Waals surface area contributed by atoms with Crippen molar-refractivity contribution < 1.29 is 14.3 Å². The van der Waals surface area contributed by atoms with E-state index in [0.717, 1.165) is 18.6 Å². The number of hydrogen-bond acceptors (Lipinski definition) is 3. The fourth-order valence-electron chi connectivity index (χ4n) is 2.28. The summed E-state index contributed by atoms with van der Waals surface area (Å²) in [6.45, 7) is 4.59. The topological polar surface area (TPSA) is 67.4 Å². The molecule has 1 aliphatic rings. The maximum Gasteiger partial charge on any atom is 0.251 e. The van der Waals surface area contributed by atoms with Gasteiger partial charge in [-0.15, -0.1) is 0 Å². The second-order valence-electron chi connectivity index (χ2n) is 5.50. The maximum atomic E-state index is 12.2. The normalized spacial score (nSPS) is 18.8. The summed E-state index contributed by atoms with van der Waals surface area (Å²) in [5, 5.41) is 5.60. The molecule has 2 N–H and O–H groups in total. The van der Waals surface area contributed by atoms with Crippen molar-refractivity contribution in [2.45, 2.75) is 45.3 Å². The summed E-state index contributed by atoms with van der Waals surface area (Å²) in [5.74, 6) is 0.405. The number of amides is 2. The van der Waals surface area contributed by atoms with E-state index in [-0.39, 0.29) is 17.9 Å². The molecule has 0 spiro atoms. The summed E-state index contributed by atoms with van der Waals surface area (Å²) in [4.78, 5) is 24.0. The Morgan fingerprint density at radius 1 is 1.29 bits per heavy atom. The van der Waals surface area contributed by atoms with Gasteiger partial charge in [0.25, 0.3) is 5.91 Å². The first-order chi connectivity index (χ1) is 10.1. The van der Waals surface area contributed by atoms with Gasteiger partial charge in [-0.25, -0.2) is 0 Å². The highest BCUT2D eigenvalue weighted by Gasteiger charge is 2.22. The summed E-state index contributed by atoms with van der Waals surface area (Å²) >= 11 is 0. The molecule has 0 aliphatic carbocycles. The van der Waals surface area contributed by atoms with Gasteiger partial charge in [0.15, 0.2) is 0 Å². The molecule has 2 amide bonds. The molecule has 114 valence electrons. The van der Waals surface area contributed by atoms with Crippen molar-refractivity contribution in [3.05, 3.63) is 29.8 Å². The third-order valence-corrected chi connectivity index (χ3v) is 3.33. The molecule has 1 saturated heterocycles. The molecule has 1 heterocycles. The van der Waals surface area contributed by atoms with Crippen molar-refractivity contribution >= 4 is 11.8 Å². The van der Waals surface area contributed by atoms with Crippen molar-refractivity contribution in [1.29, 1.82) is 0 Å². The summed E-state index contributed by atoms with van der Waals surface area (Å²) < 4.78 is 5.54. The van der Waals surface area contributed by atoms with Gasteiger partial charge in [0.05, 0.1) is 6.10 Å². The molecule has 0 bridgehead atoms. The third kappa shape index (κ3) is 4.48. The van der Waals surface area contributed by atoms with Crippen LogP contribution < -0.4 is 15.4 Å². The fourth-order valence-corrected chi connectivity index (χ4v) is 2.28. The zero-order chi connectivity index (χ0) is 15.2. The van der Waals surface area contributed by atoms with Crippen LogP contribution in [0.2, 0.25) is 0 Å². The van der Waals surface area contributed by atoms with Gasteiger partial charge in [-0.05, 0) is 57.4 Å². The first-order valence-electron chi connectivity index (χ1n) is 7.41. The molecule has 1 aliphatic heterocycles. The van der Waals surface area contributed by atoms with Crippen molar-refractivity contribution in [3.8, 4) is 5.75 Å². The fraction of sp³-hybridized carbons (Fsp3) is 0.500. The van der Waals surface area contributed by atoms with E-state index in [1.807, 2.05) is 13.8 Å². The molecule has 0 aromatic heterocycles. The largest absolute Gasteiger partial charge is 0.491 e. The summed E-state index contributed by atoms with van der Waals surface area (Å²) in [5.41, 5.74) is 0.531. The molecule has 2 rings (SSSR count). The van der Waals surface area contributed by atoms with Gasteiger partial charge in [-0.1, -0.05) is 0 Å². The lowest BCUT2D eigenvalue weighted by Gasteiger charge is -2.15. The van der Waals surface area contributed by atoms with E-state index in [4.69, 9.17) is 4.74 Å². The van der Waals surface area contributed by atoms with Gasteiger partial charge in [-0.2, -0.15) is 0 Å². The summed E-state index contributed by atoms with van der Waals surface area (Å²) in [7, 11) is 0. The van der Waals surface area contributed by atoms with Crippen LogP contribution in [0.25, 0.3) is 0 Å². The minimum atomic E-state index is -0.438. The monoisotopic (exact) mass is 290 g/mol. The van der Waals surface area contributed by atoms with Crippen LogP contribution >= 0.6 is 0 Å². The molecular formula is C16H22N2O3. The van der Waals surface area contributed by atoms with Crippen LogP contribution in [-0.4, -0.2) is 30.5 Å². The predicted octanol–water partition coefficient (Wildman–Crippen LogP) is 1.87. The standard InChI is InChI=1S/C16H22N2O3/c1-11(2)21-13-8-6-12(7-9-13)15(19)18-14-5-3-4-10-17-16(14)20/h6-9,11,14H,3-5,10H2,1-2H3,(H,17,20)(H,18,19)/t14-/m0/s1. The first-order valence-corrected chi connectivity index (χ1v) is 7.41. The Labute approximate surface area is 125 Å². The molecule has 0 saturated carbocycles. The van der Waals surface area contributed by atoms with Crippen LogP contribution in [0.15, 0.2) is 24.3 Å². The lowest BCUT2D eigenvalue weighted by molar-refractivity contribution is -0.122. The minimum Gasteiger partial charge on any atom is -0.491 e. The van der Waals surface area contributed by atoms with Crippen LogP contribution in [0.3, 0.4) is 0 Å². The Kier molecular flexibility index (Phi) is 5.20. The number of carbonyl (C=O) groups excluding carboxylic acids is 2. The van der Waals surface area contributed by atoms with Gasteiger partial charge in [0, 0.05) is 12.1 Å². The zero-order valence-electron chi connectivity index (χ0n) is 12.5. The van der Waals surface area contributed by atoms with E-state index in [0.29, 0.717) is 18.5 Å². The van der Waals surface area contributed by atoms with Gasteiger partial charge in [0.2, 0.25) is 5.91 Å². The highest BCUT2D eigenvalue weighted by atomic mass is 16.5. The molecule has 1 aromatic rings. The van der Waals surface area contributed by atoms with Gasteiger partial charge in [0.1, 0.15) is 11.8 Å². The zero-order valence-corrected chi connectivity index (χ0v) is 12.5. The number of nitrogens with one attached hydrogen (secondary N) is 2. The second-order valence-corrected chi connectivity index (χ2v) is 5.50. The molecule has 5 heteroatoms. The van der Waals surface area contributed by atoms with Crippen LogP contribution in [0.5, 0.6) is 5.75 Å². The minimum absolute atomic E-state index is 0.0966. The predicted molar refractivity (Wildman–Crippen MR) is 80.3 cm³/mol. The summed E-state index contributed by atoms with van der Waals surface area (Å²) in [6, 6.07) is 6.51. The van der Waals surface area contributed by atoms with E-state index in [2.05, 4.69) is 10.6 Å². The number of ether oxygens (including phenoxy) is 1. The number of hydrogen-bond donors (Lipinski definition) is 2. The van der Waals surface area contributed by atoms with Crippen LogP contribution in [0.1, 0.15) is 43.5 Å². The Morgan fingerprint density at radius 3 is 2.67 bits per heavy atom. The summed E-state index contributed by atoms with van der Waals surface area (Å²) in [6.07, 6.45) is 2.68. The van der Waals surface area contributed by atoms with Crippen LogP contribution in [0, 0.1) is 0 Å². The van der Waals surface area contributed by atoms with E-state index in [1.54, 1.807) is 24.3 Å². The highest BCUT2D eigenvalue weighted by Crippen LogP contribution is 2.14. The van der Waals surface area contributed by atoms with Crippen molar-refractivity contribution in [2.75, 3.05) is 6.54 Å². The molecule has 21 heavy (non-hydrogen) atoms. The van der Waals surface area contributed by atoms with Crippen LogP contribution in [0.4, 0.5) is 0 Å². The van der Waals surface area contributed by atoms with E-state index >= 15 is 0 Å². The quantitative estimate of drug-likeness (QED) is 0.889. The lowest BCUT2D eigenvalue weighted by Crippen LogP contribution is -2.45. The highest BCUT2D eigenvalue weighted by molar-refractivity contribution is 5.97. The Morgan fingerprint density at radius 2 is 2.00 bits per heavy atom. The smallest absolute Gasteiger partial charge is 0.251 e.